The molecule has 0 fully saturated rings. The Hall–Kier alpha value is -1.90. The summed E-state index contributed by atoms with van der Waals surface area (Å²) in [5, 5.41) is 1.16. The van der Waals surface area contributed by atoms with Crippen molar-refractivity contribution in [3.05, 3.63) is 80.7 Å². The first-order valence-electron chi connectivity index (χ1n) is 7.42. The van der Waals surface area contributed by atoms with Gasteiger partial charge in [-0.2, -0.15) is 9.97 Å². The molecule has 0 radical (unpaired) electrons. The molecule has 9 heteroatoms. The highest BCUT2D eigenvalue weighted by molar-refractivity contribution is 7.99. The molecular weight excluding hydrogens is 400 g/mol. The maximum absolute atomic E-state index is 13.7. The molecule has 0 spiro atoms. The van der Waals surface area contributed by atoms with Crippen LogP contribution in [-0.2, 0) is 11.5 Å². The summed E-state index contributed by atoms with van der Waals surface area (Å²) in [6, 6.07) is 11.0. The standard InChI is InChI=1S/C17H12ClF2N3OS2/c18-11-4-1-3-10(7-11)8-25-16-21-15(24)22-17(23-16)26-9-12-13(19)5-2-6-14(12)20/h1-7H,8-9H2,(H,21,22,23,24). The fraction of sp³-hybridized carbons (Fsp3) is 0.118. The van der Waals surface area contributed by atoms with Crippen LogP contribution in [0.4, 0.5) is 8.78 Å². The van der Waals surface area contributed by atoms with Crippen LogP contribution in [0.5, 0.6) is 0 Å². The van der Waals surface area contributed by atoms with Crippen molar-refractivity contribution in [3.63, 3.8) is 0 Å². The molecule has 0 atom stereocenters. The molecule has 0 aliphatic heterocycles. The first kappa shape index (κ1) is 18.9. The van der Waals surface area contributed by atoms with Crippen molar-refractivity contribution in [3.8, 4) is 0 Å². The number of H-pyrrole nitrogens is 1. The number of rotatable bonds is 6. The van der Waals surface area contributed by atoms with E-state index in [1.165, 1.54) is 30.0 Å². The highest BCUT2D eigenvalue weighted by atomic mass is 35.5. The molecule has 0 aliphatic rings. The predicted molar refractivity (Wildman–Crippen MR) is 99.6 cm³/mol. The van der Waals surface area contributed by atoms with Crippen molar-refractivity contribution in [2.45, 2.75) is 21.8 Å². The van der Waals surface area contributed by atoms with Gasteiger partial charge in [-0.05, 0) is 29.8 Å². The van der Waals surface area contributed by atoms with Gasteiger partial charge in [-0.3, -0.25) is 4.98 Å². The Morgan fingerprint density at radius 2 is 1.73 bits per heavy atom. The minimum atomic E-state index is -0.635. The monoisotopic (exact) mass is 411 g/mol. The molecular formula is C17H12ClF2N3OS2. The number of aromatic amines is 1. The van der Waals surface area contributed by atoms with E-state index >= 15 is 0 Å². The second kappa shape index (κ2) is 8.66. The fourth-order valence-electron chi connectivity index (χ4n) is 2.06. The number of aromatic nitrogens is 3. The van der Waals surface area contributed by atoms with Gasteiger partial charge < -0.3 is 0 Å². The van der Waals surface area contributed by atoms with Gasteiger partial charge in [0, 0.05) is 22.1 Å². The van der Waals surface area contributed by atoms with Crippen LogP contribution in [0.2, 0.25) is 5.02 Å². The highest BCUT2D eigenvalue weighted by Crippen LogP contribution is 2.25. The Labute approximate surface area is 161 Å². The molecule has 1 N–H and O–H groups in total. The van der Waals surface area contributed by atoms with Crippen LogP contribution in [0.1, 0.15) is 11.1 Å². The van der Waals surface area contributed by atoms with E-state index in [1.54, 1.807) is 6.07 Å². The van der Waals surface area contributed by atoms with E-state index in [-0.39, 0.29) is 21.6 Å². The lowest BCUT2D eigenvalue weighted by atomic mass is 10.2. The molecule has 4 nitrogen and oxygen atoms in total. The summed E-state index contributed by atoms with van der Waals surface area (Å²) in [4.78, 5) is 22.2. The molecule has 134 valence electrons. The number of nitrogens with zero attached hydrogens (tertiary/aromatic N) is 2. The predicted octanol–water partition coefficient (Wildman–Crippen LogP) is 4.68. The molecule has 0 unspecified atom stereocenters. The summed E-state index contributed by atoms with van der Waals surface area (Å²) in [7, 11) is 0. The summed E-state index contributed by atoms with van der Waals surface area (Å²) in [6.45, 7) is 0. The fourth-order valence-corrected chi connectivity index (χ4v) is 3.98. The van der Waals surface area contributed by atoms with Crippen molar-refractivity contribution >= 4 is 35.1 Å². The topological polar surface area (TPSA) is 58.6 Å². The van der Waals surface area contributed by atoms with E-state index < -0.39 is 17.3 Å². The van der Waals surface area contributed by atoms with Gasteiger partial charge in [-0.1, -0.05) is 53.3 Å². The number of thioether (sulfide) groups is 2. The third-order valence-corrected chi connectivity index (χ3v) is 5.33. The van der Waals surface area contributed by atoms with Crippen molar-refractivity contribution in [1.82, 2.24) is 15.0 Å². The number of hydrogen-bond donors (Lipinski definition) is 1. The zero-order valence-corrected chi connectivity index (χ0v) is 15.6. The zero-order chi connectivity index (χ0) is 18.5. The van der Waals surface area contributed by atoms with Crippen LogP contribution in [0.15, 0.2) is 57.6 Å². The van der Waals surface area contributed by atoms with E-state index in [0.717, 1.165) is 17.3 Å². The third-order valence-electron chi connectivity index (χ3n) is 3.28. The average Bonchev–Trinajstić information content (AvgIpc) is 2.59. The van der Waals surface area contributed by atoms with E-state index in [4.69, 9.17) is 11.6 Å². The Kier molecular flexibility index (Phi) is 6.29. The second-order valence-corrected chi connectivity index (χ2v) is 7.49. The van der Waals surface area contributed by atoms with Crippen molar-refractivity contribution in [1.29, 1.82) is 0 Å². The van der Waals surface area contributed by atoms with Gasteiger partial charge in [-0.25, -0.2) is 13.6 Å². The van der Waals surface area contributed by atoms with Gasteiger partial charge in [0.2, 0.25) is 0 Å². The van der Waals surface area contributed by atoms with Gasteiger partial charge in [0.05, 0.1) is 0 Å². The number of hydrogen-bond acceptors (Lipinski definition) is 5. The second-order valence-electron chi connectivity index (χ2n) is 5.15. The maximum Gasteiger partial charge on any atom is 0.349 e. The van der Waals surface area contributed by atoms with E-state index in [2.05, 4.69) is 15.0 Å². The van der Waals surface area contributed by atoms with Crippen molar-refractivity contribution < 1.29 is 8.78 Å². The lowest BCUT2D eigenvalue weighted by Crippen LogP contribution is -2.14. The molecule has 1 aromatic heterocycles. The zero-order valence-electron chi connectivity index (χ0n) is 13.2. The molecule has 0 saturated carbocycles. The van der Waals surface area contributed by atoms with Gasteiger partial charge in [0.25, 0.3) is 0 Å². The van der Waals surface area contributed by atoms with Gasteiger partial charge in [0.1, 0.15) is 11.6 Å². The van der Waals surface area contributed by atoms with Gasteiger partial charge >= 0.3 is 5.69 Å². The lowest BCUT2D eigenvalue weighted by Gasteiger charge is -2.05. The van der Waals surface area contributed by atoms with E-state index in [0.29, 0.717) is 10.8 Å². The van der Waals surface area contributed by atoms with Crippen LogP contribution >= 0.6 is 35.1 Å². The summed E-state index contributed by atoms with van der Waals surface area (Å²) in [6.07, 6.45) is 0. The van der Waals surface area contributed by atoms with Gasteiger partial charge in [-0.15, -0.1) is 0 Å². The third kappa shape index (κ3) is 5.06. The molecule has 0 amide bonds. The minimum absolute atomic E-state index is 0.00383. The molecule has 26 heavy (non-hydrogen) atoms. The average molecular weight is 412 g/mol. The normalized spacial score (nSPS) is 10.9. The number of halogens is 3. The highest BCUT2D eigenvalue weighted by Gasteiger charge is 2.11. The van der Waals surface area contributed by atoms with Crippen LogP contribution in [0.3, 0.4) is 0 Å². The van der Waals surface area contributed by atoms with E-state index in [1.807, 2.05) is 18.2 Å². The summed E-state index contributed by atoms with van der Waals surface area (Å²) in [5.41, 5.74) is 0.337. The van der Waals surface area contributed by atoms with Crippen LogP contribution in [0, 0.1) is 11.6 Å². The number of nitrogens with one attached hydrogen (secondary N) is 1. The minimum Gasteiger partial charge on any atom is -0.285 e. The lowest BCUT2D eigenvalue weighted by molar-refractivity contribution is 0.566. The van der Waals surface area contributed by atoms with Crippen molar-refractivity contribution in [2.75, 3.05) is 0 Å². The molecule has 3 rings (SSSR count). The Bertz CT molecular complexity index is 964. The molecule has 2 aromatic carbocycles. The van der Waals surface area contributed by atoms with Crippen molar-refractivity contribution in [2.24, 2.45) is 0 Å². The Morgan fingerprint density at radius 3 is 2.46 bits per heavy atom. The smallest absolute Gasteiger partial charge is 0.285 e. The summed E-state index contributed by atoms with van der Waals surface area (Å²) < 4.78 is 27.4. The first-order valence-corrected chi connectivity index (χ1v) is 9.77. The largest absolute Gasteiger partial charge is 0.349 e. The maximum atomic E-state index is 13.7. The van der Waals surface area contributed by atoms with Crippen LogP contribution in [-0.4, -0.2) is 15.0 Å². The van der Waals surface area contributed by atoms with Gasteiger partial charge in [0.15, 0.2) is 10.3 Å². The quantitative estimate of drug-likeness (QED) is 0.597. The SMILES string of the molecule is O=c1nc(SCc2cccc(Cl)c2)nc(SCc2c(F)cccc2F)[nH]1. The molecule has 0 aliphatic carbocycles. The van der Waals surface area contributed by atoms with Crippen LogP contribution < -0.4 is 5.69 Å². The summed E-state index contributed by atoms with van der Waals surface area (Å²) >= 11 is 8.25. The number of benzene rings is 2. The molecule has 0 bridgehead atoms. The Balaban J connectivity index is 1.70. The summed E-state index contributed by atoms with van der Waals surface area (Å²) in [5.74, 6) is -0.728. The van der Waals surface area contributed by atoms with E-state index in [9.17, 15) is 13.6 Å². The molecule has 1 heterocycles. The first-order chi connectivity index (χ1) is 12.5. The molecule has 0 saturated heterocycles. The Morgan fingerprint density at radius 1 is 1.00 bits per heavy atom. The van der Waals surface area contributed by atoms with Crippen LogP contribution in [0.25, 0.3) is 0 Å². The molecule has 3 aromatic rings.